The van der Waals surface area contributed by atoms with Gasteiger partial charge in [0.2, 0.25) is 0 Å². The van der Waals surface area contributed by atoms with Crippen molar-refractivity contribution in [3.63, 3.8) is 0 Å². The van der Waals surface area contributed by atoms with Gasteiger partial charge in [0, 0.05) is 24.3 Å². The van der Waals surface area contributed by atoms with Gasteiger partial charge in [-0.2, -0.15) is 0 Å². The molecule has 0 bridgehead atoms. The third kappa shape index (κ3) is 2.65. The van der Waals surface area contributed by atoms with E-state index in [4.69, 9.17) is 18.0 Å². The molecule has 0 saturated carbocycles. The lowest BCUT2D eigenvalue weighted by Crippen LogP contribution is -2.28. The SMILES string of the molecule is CC(C)N(C)c1ccc(F)cc1C(N)=S. The molecule has 0 radical (unpaired) electrons. The third-order valence-corrected chi connectivity index (χ3v) is 2.60. The summed E-state index contributed by atoms with van der Waals surface area (Å²) >= 11 is 4.90. The highest BCUT2D eigenvalue weighted by atomic mass is 32.1. The second kappa shape index (κ2) is 4.57. The van der Waals surface area contributed by atoms with E-state index < -0.39 is 0 Å². The summed E-state index contributed by atoms with van der Waals surface area (Å²) in [5.41, 5.74) is 7.00. The molecule has 0 fully saturated rings. The summed E-state index contributed by atoms with van der Waals surface area (Å²) in [4.78, 5) is 2.23. The average molecular weight is 226 g/mol. The summed E-state index contributed by atoms with van der Waals surface area (Å²) in [7, 11) is 1.93. The Morgan fingerprint density at radius 2 is 2.07 bits per heavy atom. The molecule has 0 heterocycles. The largest absolute Gasteiger partial charge is 0.389 e. The van der Waals surface area contributed by atoms with E-state index in [2.05, 4.69) is 0 Å². The van der Waals surface area contributed by atoms with E-state index in [9.17, 15) is 4.39 Å². The van der Waals surface area contributed by atoms with Crippen LogP contribution in [0.4, 0.5) is 10.1 Å². The van der Waals surface area contributed by atoms with Crippen LogP contribution in [0.25, 0.3) is 0 Å². The third-order valence-electron chi connectivity index (χ3n) is 2.38. The van der Waals surface area contributed by atoms with Crippen molar-refractivity contribution >= 4 is 22.9 Å². The summed E-state index contributed by atoms with van der Waals surface area (Å²) in [5.74, 6) is -0.321. The molecule has 4 heteroatoms. The van der Waals surface area contributed by atoms with Crippen molar-refractivity contribution in [1.82, 2.24) is 0 Å². The Balaban J connectivity index is 3.22. The molecule has 1 aromatic carbocycles. The van der Waals surface area contributed by atoms with Crippen molar-refractivity contribution < 1.29 is 4.39 Å². The predicted octanol–water partition coefficient (Wildman–Crippen LogP) is 2.30. The first kappa shape index (κ1) is 11.9. The maximum absolute atomic E-state index is 13.0. The van der Waals surface area contributed by atoms with Gasteiger partial charge < -0.3 is 10.6 Å². The molecule has 0 aliphatic carbocycles. The zero-order chi connectivity index (χ0) is 11.6. The van der Waals surface area contributed by atoms with Gasteiger partial charge in [-0.1, -0.05) is 12.2 Å². The smallest absolute Gasteiger partial charge is 0.124 e. The summed E-state index contributed by atoms with van der Waals surface area (Å²) in [6.07, 6.45) is 0. The number of nitrogens with two attached hydrogens (primary N) is 1. The minimum atomic E-state index is -0.321. The lowest BCUT2D eigenvalue weighted by Gasteiger charge is -2.26. The molecule has 82 valence electrons. The van der Waals surface area contributed by atoms with Crippen molar-refractivity contribution in [1.29, 1.82) is 0 Å². The van der Waals surface area contributed by atoms with Crippen LogP contribution in [-0.4, -0.2) is 18.1 Å². The molecule has 0 amide bonds. The topological polar surface area (TPSA) is 29.3 Å². The molecule has 0 aromatic heterocycles. The number of rotatable bonds is 3. The standard InChI is InChI=1S/C11H15FN2S/c1-7(2)14(3)10-5-4-8(12)6-9(10)11(13)15/h4-7H,1-3H3,(H2,13,15). The van der Waals surface area contributed by atoms with Crippen LogP contribution in [0, 0.1) is 5.82 Å². The molecule has 2 N–H and O–H groups in total. The van der Waals surface area contributed by atoms with E-state index in [0.717, 1.165) is 5.69 Å². The molecule has 0 unspecified atom stereocenters. The molecule has 15 heavy (non-hydrogen) atoms. The minimum absolute atomic E-state index is 0.219. The number of halogens is 1. The second-order valence-electron chi connectivity index (χ2n) is 3.73. The van der Waals surface area contributed by atoms with Crippen LogP contribution in [0.15, 0.2) is 18.2 Å². The zero-order valence-corrected chi connectivity index (χ0v) is 9.94. The van der Waals surface area contributed by atoms with Crippen molar-refractivity contribution in [2.45, 2.75) is 19.9 Å². The molecular weight excluding hydrogens is 211 g/mol. The highest BCUT2D eigenvalue weighted by molar-refractivity contribution is 7.80. The summed E-state index contributed by atoms with van der Waals surface area (Å²) < 4.78 is 13.0. The van der Waals surface area contributed by atoms with E-state index >= 15 is 0 Å². The van der Waals surface area contributed by atoms with Crippen LogP contribution in [-0.2, 0) is 0 Å². The van der Waals surface area contributed by atoms with Crippen molar-refractivity contribution in [2.75, 3.05) is 11.9 Å². The monoisotopic (exact) mass is 226 g/mol. The highest BCUT2D eigenvalue weighted by Gasteiger charge is 2.12. The molecule has 1 aromatic rings. The Labute approximate surface area is 94.9 Å². The minimum Gasteiger partial charge on any atom is -0.389 e. The molecule has 0 spiro atoms. The van der Waals surface area contributed by atoms with Crippen molar-refractivity contribution in [3.05, 3.63) is 29.6 Å². The van der Waals surface area contributed by atoms with E-state index in [0.29, 0.717) is 11.6 Å². The lowest BCUT2D eigenvalue weighted by atomic mass is 10.1. The van der Waals surface area contributed by atoms with Crippen molar-refractivity contribution in [3.8, 4) is 0 Å². The molecule has 0 saturated heterocycles. The summed E-state index contributed by atoms with van der Waals surface area (Å²) in [6, 6.07) is 4.79. The van der Waals surface area contributed by atoms with E-state index in [1.165, 1.54) is 12.1 Å². The quantitative estimate of drug-likeness (QED) is 0.802. The second-order valence-corrected chi connectivity index (χ2v) is 4.17. The first-order valence-electron chi connectivity index (χ1n) is 4.75. The number of hydrogen-bond donors (Lipinski definition) is 1. The van der Waals surface area contributed by atoms with Crippen LogP contribution in [0.1, 0.15) is 19.4 Å². The van der Waals surface area contributed by atoms with Gasteiger partial charge in [0.25, 0.3) is 0 Å². The molecule has 0 aliphatic heterocycles. The van der Waals surface area contributed by atoms with Gasteiger partial charge in [0.1, 0.15) is 10.8 Å². The fraction of sp³-hybridized carbons (Fsp3) is 0.364. The Morgan fingerprint density at radius 3 is 2.53 bits per heavy atom. The van der Waals surface area contributed by atoms with E-state index in [-0.39, 0.29) is 10.8 Å². The fourth-order valence-corrected chi connectivity index (χ4v) is 1.45. The molecular formula is C11H15FN2S. The number of thiocarbonyl (C=S) groups is 1. The van der Waals surface area contributed by atoms with Crippen LogP contribution in [0.2, 0.25) is 0 Å². The van der Waals surface area contributed by atoms with Gasteiger partial charge >= 0.3 is 0 Å². The van der Waals surface area contributed by atoms with Crippen LogP contribution in [0.3, 0.4) is 0 Å². The van der Waals surface area contributed by atoms with Crippen LogP contribution < -0.4 is 10.6 Å². The molecule has 0 aliphatic rings. The Hall–Kier alpha value is -1.16. The summed E-state index contributed by atoms with van der Waals surface area (Å²) in [6.45, 7) is 4.10. The first-order valence-corrected chi connectivity index (χ1v) is 5.16. The van der Waals surface area contributed by atoms with E-state index in [1.54, 1.807) is 6.07 Å². The lowest BCUT2D eigenvalue weighted by molar-refractivity contribution is 0.626. The van der Waals surface area contributed by atoms with Gasteiger partial charge in [0.05, 0.1) is 0 Å². The number of hydrogen-bond acceptors (Lipinski definition) is 2. The maximum Gasteiger partial charge on any atom is 0.124 e. The van der Waals surface area contributed by atoms with Crippen LogP contribution in [0.5, 0.6) is 0 Å². The first-order chi connectivity index (χ1) is 6.93. The number of nitrogens with zero attached hydrogens (tertiary/aromatic N) is 1. The Bertz CT molecular complexity index is 377. The predicted molar refractivity (Wildman–Crippen MR) is 65.8 cm³/mol. The summed E-state index contributed by atoms with van der Waals surface area (Å²) in [5, 5.41) is 0. The van der Waals surface area contributed by atoms with E-state index in [1.807, 2.05) is 25.8 Å². The molecule has 1 rings (SSSR count). The Morgan fingerprint density at radius 1 is 1.47 bits per heavy atom. The highest BCUT2D eigenvalue weighted by Crippen LogP contribution is 2.22. The number of benzene rings is 1. The molecule has 2 nitrogen and oxygen atoms in total. The maximum atomic E-state index is 13.0. The van der Waals surface area contributed by atoms with Gasteiger partial charge in [-0.3, -0.25) is 0 Å². The molecule has 0 atom stereocenters. The average Bonchev–Trinajstić information content (AvgIpc) is 2.16. The van der Waals surface area contributed by atoms with Gasteiger partial charge in [-0.15, -0.1) is 0 Å². The normalized spacial score (nSPS) is 10.5. The Kier molecular flexibility index (Phi) is 3.63. The number of anilines is 1. The van der Waals surface area contributed by atoms with Crippen molar-refractivity contribution in [2.24, 2.45) is 5.73 Å². The van der Waals surface area contributed by atoms with Gasteiger partial charge in [0.15, 0.2) is 0 Å². The fourth-order valence-electron chi connectivity index (χ4n) is 1.29. The zero-order valence-electron chi connectivity index (χ0n) is 9.12. The van der Waals surface area contributed by atoms with Gasteiger partial charge in [-0.05, 0) is 32.0 Å². The van der Waals surface area contributed by atoms with Crippen LogP contribution >= 0.6 is 12.2 Å². The van der Waals surface area contributed by atoms with Gasteiger partial charge in [-0.25, -0.2) is 4.39 Å².